The number of piperidine rings is 1. The Morgan fingerprint density at radius 3 is 2.55 bits per heavy atom. The van der Waals surface area contributed by atoms with Crippen LogP contribution in [0.2, 0.25) is 0 Å². The molecule has 1 fully saturated rings. The van der Waals surface area contributed by atoms with Gasteiger partial charge >= 0.3 is 0 Å². The van der Waals surface area contributed by atoms with Crippen molar-refractivity contribution in [2.45, 2.75) is 51.6 Å². The summed E-state index contributed by atoms with van der Waals surface area (Å²) < 4.78 is 2.34. The number of amides is 1. The van der Waals surface area contributed by atoms with E-state index >= 15 is 0 Å². The quantitative estimate of drug-likeness (QED) is 0.659. The second-order valence-electron chi connectivity index (χ2n) is 7.87. The van der Waals surface area contributed by atoms with E-state index in [4.69, 9.17) is 4.98 Å². The minimum atomic E-state index is 0.158. The fourth-order valence-corrected chi connectivity index (χ4v) is 4.17. The molecule has 5 heteroatoms. The standard InChI is InChI=1S/C24H30N4O/c1-2-16-28-22-11-7-6-10-21(22)26-24(28)27-17-14-20(15-18-27)25-23(29)13-12-19-8-4-3-5-9-19/h3-11,20H,2,12-18H2,1H3,(H,25,29). The van der Waals surface area contributed by atoms with Crippen molar-refractivity contribution in [3.63, 3.8) is 0 Å². The molecule has 1 aliphatic heterocycles. The number of hydrogen-bond acceptors (Lipinski definition) is 3. The summed E-state index contributed by atoms with van der Waals surface area (Å²) >= 11 is 0. The second kappa shape index (κ2) is 9.12. The molecule has 152 valence electrons. The summed E-state index contributed by atoms with van der Waals surface area (Å²) in [6, 6.07) is 18.8. The van der Waals surface area contributed by atoms with Crippen LogP contribution in [0.15, 0.2) is 54.6 Å². The highest BCUT2D eigenvalue weighted by Gasteiger charge is 2.24. The molecule has 0 spiro atoms. The van der Waals surface area contributed by atoms with Gasteiger partial charge in [0.1, 0.15) is 0 Å². The molecule has 3 aromatic rings. The highest BCUT2D eigenvalue weighted by Crippen LogP contribution is 2.25. The van der Waals surface area contributed by atoms with Gasteiger partial charge in [0.2, 0.25) is 11.9 Å². The van der Waals surface area contributed by atoms with Crippen molar-refractivity contribution in [3.8, 4) is 0 Å². The van der Waals surface area contributed by atoms with Crippen LogP contribution in [0.5, 0.6) is 0 Å². The lowest BCUT2D eigenvalue weighted by atomic mass is 10.0. The predicted molar refractivity (Wildman–Crippen MR) is 118 cm³/mol. The SMILES string of the molecule is CCCn1c(N2CCC(NC(=O)CCc3ccccc3)CC2)nc2ccccc21. The van der Waals surface area contributed by atoms with Crippen LogP contribution in [0.1, 0.15) is 38.2 Å². The number of benzene rings is 2. The van der Waals surface area contributed by atoms with Gasteiger partial charge in [0, 0.05) is 32.1 Å². The van der Waals surface area contributed by atoms with Gasteiger partial charge in [-0.15, -0.1) is 0 Å². The Labute approximate surface area is 172 Å². The largest absolute Gasteiger partial charge is 0.353 e. The third-order valence-corrected chi connectivity index (χ3v) is 5.71. The number of anilines is 1. The average Bonchev–Trinajstić information content (AvgIpc) is 3.12. The molecule has 2 heterocycles. The van der Waals surface area contributed by atoms with Crippen LogP contribution in [-0.2, 0) is 17.8 Å². The molecule has 0 atom stereocenters. The van der Waals surface area contributed by atoms with Crippen LogP contribution in [0.4, 0.5) is 5.95 Å². The van der Waals surface area contributed by atoms with Gasteiger partial charge < -0.3 is 14.8 Å². The maximum absolute atomic E-state index is 12.4. The number of aromatic nitrogens is 2. The first-order valence-electron chi connectivity index (χ1n) is 10.8. The molecule has 1 amide bonds. The normalized spacial score (nSPS) is 15.0. The fourth-order valence-electron chi connectivity index (χ4n) is 4.17. The topological polar surface area (TPSA) is 50.2 Å². The molecule has 29 heavy (non-hydrogen) atoms. The zero-order valence-corrected chi connectivity index (χ0v) is 17.2. The summed E-state index contributed by atoms with van der Waals surface area (Å²) in [6.45, 7) is 5.04. The molecule has 1 N–H and O–H groups in total. The van der Waals surface area contributed by atoms with E-state index in [1.165, 1.54) is 11.1 Å². The maximum atomic E-state index is 12.4. The highest BCUT2D eigenvalue weighted by atomic mass is 16.1. The number of aryl methyl sites for hydroxylation is 2. The summed E-state index contributed by atoms with van der Waals surface area (Å²) in [5.74, 6) is 1.23. The van der Waals surface area contributed by atoms with Gasteiger partial charge in [0.15, 0.2) is 0 Å². The zero-order valence-electron chi connectivity index (χ0n) is 17.2. The maximum Gasteiger partial charge on any atom is 0.220 e. The zero-order chi connectivity index (χ0) is 20.1. The number of nitrogens with zero attached hydrogens (tertiary/aromatic N) is 3. The van der Waals surface area contributed by atoms with Crippen molar-refractivity contribution < 1.29 is 4.79 Å². The third-order valence-electron chi connectivity index (χ3n) is 5.71. The first-order valence-corrected chi connectivity index (χ1v) is 10.8. The first-order chi connectivity index (χ1) is 14.2. The van der Waals surface area contributed by atoms with E-state index in [1.54, 1.807) is 0 Å². The lowest BCUT2D eigenvalue weighted by Crippen LogP contribution is -2.45. The van der Waals surface area contributed by atoms with E-state index in [9.17, 15) is 4.79 Å². The summed E-state index contributed by atoms with van der Waals surface area (Å²) in [7, 11) is 0. The Balaban J connectivity index is 1.33. The van der Waals surface area contributed by atoms with Gasteiger partial charge in [0.25, 0.3) is 0 Å². The van der Waals surface area contributed by atoms with Gasteiger partial charge in [0.05, 0.1) is 11.0 Å². The Bertz CT molecular complexity index is 942. The summed E-state index contributed by atoms with van der Waals surface area (Å²) in [4.78, 5) is 19.6. The number of carbonyl (C=O) groups is 1. The number of nitrogens with one attached hydrogen (secondary N) is 1. The molecular formula is C24H30N4O. The number of hydrogen-bond donors (Lipinski definition) is 1. The molecular weight excluding hydrogens is 360 g/mol. The molecule has 2 aromatic carbocycles. The van der Waals surface area contributed by atoms with E-state index in [0.717, 1.165) is 56.8 Å². The van der Waals surface area contributed by atoms with Crippen LogP contribution in [0.25, 0.3) is 11.0 Å². The van der Waals surface area contributed by atoms with Crippen LogP contribution in [0.3, 0.4) is 0 Å². The van der Waals surface area contributed by atoms with Crippen molar-refractivity contribution in [2.75, 3.05) is 18.0 Å². The van der Waals surface area contributed by atoms with Crippen molar-refractivity contribution in [3.05, 3.63) is 60.2 Å². The first kappa shape index (κ1) is 19.5. The Morgan fingerprint density at radius 1 is 1.07 bits per heavy atom. The van der Waals surface area contributed by atoms with Gasteiger partial charge in [-0.3, -0.25) is 4.79 Å². The van der Waals surface area contributed by atoms with E-state index in [2.05, 4.69) is 52.0 Å². The van der Waals surface area contributed by atoms with E-state index in [0.29, 0.717) is 6.42 Å². The van der Waals surface area contributed by atoms with Gasteiger partial charge in [-0.05, 0) is 43.4 Å². The molecule has 1 aromatic heterocycles. The minimum absolute atomic E-state index is 0.158. The summed E-state index contributed by atoms with van der Waals surface area (Å²) in [5, 5.41) is 3.23. The molecule has 0 bridgehead atoms. The number of imidazole rings is 1. The number of carbonyl (C=O) groups excluding carboxylic acids is 1. The monoisotopic (exact) mass is 390 g/mol. The smallest absolute Gasteiger partial charge is 0.220 e. The van der Waals surface area contributed by atoms with Crippen molar-refractivity contribution in [1.82, 2.24) is 14.9 Å². The average molecular weight is 391 g/mol. The number of rotatable bonds is 7. The molecule has 0 unspecified atom stereocenters. The second-order valence-corrected chi connectivity index (χ2v) is 7.87. The van der Waals surface area contributed by atoms with Crippen molar-refractivity contribution in [1.29, 1.82) is 0 Å². The van der Waals surface area contributed by atoms with Crippen LogP contribution < -0.4 is 10.2 Å². The lowest BCUT2D eigenvalue weighted by Gasteiger charge is -2.33. The van der Waals surface area contributed by atoms with E-state index in [1.807, 2.05) is 24.3 Å². The molecule has 0 radical (unpaired) electrons. The van der Waals surface area contributed by atoms with E-state index in [-0.39, 0.29) is 11.9 Å². The van der Waals surface area contributed by atoms with Crippen LogP contribution in [0, 0.1) is 0 Å². The van der Waals surface area contributed by atoms with Crippen molar-refractivity contribution >= 4 is 22.9 Å². The van der Waals surface area contributed by atoms with Crippen LogP contribution in [-0.4, -0.2) is 34.6 Å². The van der Waals surface area contributed by atoms with Gasteiger partial charge in [-0.1, -0.05) is 49.4 Å². The third kappa shape index (κ3) is 4.61. The molecule has 4 rings (SSSR count). The van der Waals surface area contributed by atoms with Gasteiger partial charge in [-0.2, -0.15) is 0 Å². The highest BCUT2D eigenvalue weighted by molar-refractivity contribution is 5.79. The van der Waals surface area contributed by atoms with Crippen molar-refractivity contribution in [2.24, 2.45) is 0 Å². The molecule has 1 saturated heterocycles. The summed E-state index contributed by atoms with van der Waals surface area (Å²) in [6.07, 6.45) is 4.36. The van der Waals surface area contributed by atoms with Crippen LogP contribution >= 0.6 is 0 Å². The Kier molecular flexibility index (Phi) is 6.13. The summed E-state index contributed by atoms with van der Waals surface area (Å²) in [5.41, 5.74) is 3.49. The Morgan fingerprint density at radius 2 is 1.79 bits per heavy atom. The van der Waals surface area contributed by atoms with Gasteiger partial charge in [-0.25, -0.2) is 4.98 Å². The fraction of sp³-hybridized carbons (Fsp3) is 0.417. The molecule has 1 aliphatic rings. The minimum Gasteiger partial charge on any atom is -0.353 e. The molecule has 0 saturated carbocycles. The molecule has 0 aliphatic carbocycles. The number of para-hydroxylation sites is 2. The Hall–Kier alpha value is -2.82. The molecule has 5 nitrogen and oxygen atoms in total. The lowest BCUT2D eigenvalue weighted by molar-refractivity contribution is -0.121. The predicted octanol–water partition coefficient (Wildman–Crippen LogP) is 4.16. The van der Waals surface area contributed by atoms with E-state index < -0.39 is 0 Å². The number of fused-ring (bicyclic) bond motifs is 1.